The van der Waals surface area contributed by atoms with E-state index in [9.17, 15) is 14.0 Å². The zero-order chi connectivity index (χ0) is 19.1. The number of hydrogen-bond acceptors (Lipinski definition) is 3. The average molecular weight is 370 g/mol. The van der Waals surface area contributed by atoms with Crippen LogP contribution in [0.2, 0.25) is 0 Å². The van der Waals surface area contributed by atoms with Crippen molar-refractivity contribution in [3.05, 3.63) is 66.0 Å². The molecule has 142 valence electrons. The fourth-order valence-electron chi connectivity index (χ4n) is 3.11. The van der Waals surface area contributed by atoms with E-state index < -0.39 is 6.09 Å². The summed E-state index contributed by atoms with van der Waals surface area (Å²) in [5.74, 6) is 0.245. The summed E-state index contributed by atoms with van der Waals surface area (Å²) < 4.78 is 18.6. The molecule has 0 bridgehead atoms. The van der Waals surface area contributed by atoms with Crippen molar-refractivity contribution in [3.63, 3.8) is 0 Å². The Labute approximate surface area is 158 Å². The van der Waals surface area contributed by atoms with Gasteiger partial charge in [-0.25, -0.2) is 9.18 Å². The number of carbonyl (C=O) groups excluding carboxylic acids is 2. The van der Waals surface area contributed by atoms with E-state index >= 15 is 0 Å². The standard InChI is InChI=1S/C21H23FN2O3/c22-18-7-4-6-17(16-18)10-11-20(25)23-12-5-13-24(15-14-23)21(26)27-19-8-2-1-3-9-19/h1-4,6-9,16H,5,10-15H2. The number of benzene rings is 2. The molecule has 0 saturated carbocycles. The van der Waals surface area contributed by atoms with Crippen molar-refractivity contribution in [1.29, 1.82) is 0 Å². The molecule has 0 atom stereocenters. The van der Waals surface area contributed by atoms with Crippen molar-refractivity contribution in [2.75, 3.05) is 26.2 Å². The van der Waals surface area contributed by atoms with E-state index in [1.807, 2.05) is 24.3 Å². The van der Waals surface area contributed by atoms with Crippen LogP contribution < -0.4 is 4.74 Å². The Balaban J connectivity index is 1.48. The molecule has 2 aromatic carbocycles. The molecule has 1 saturated heterocycles. The Hall–Kier alpha value is -2.89. The van der Waals surface area contributed by atoms with Gasteiger partial charge in [0.25, 0.3) is 0 Å². The van der Waals surface area contributed by atoms with Gasteiger partial charge in [0.1, 0.15) is 11.6 Å². The minimum Gasteiger partial charge on any atom is -0.410 e. The molecule has 1 aliphatic heterocycles. The van der Waals surface area contributed by atoms with Crippen LogP contribution in [0.5, 0.6) is 5.75 Å². The van der Waals surface area contributed by atoms with E-state index in [1.54, 1.807) is 28.0 Å². The molecule has 5 nitrogen and oxygen atoms in total. The van der Waals surface area contributed by atoms with Gasteiger partial charge < -0.3 is 14.5 Å². The van der Waals surface area contributed by atoms with Crippen LogP contribution in [0.25, 0.3) is 0 Å². The lowest BCUT2D eigenvalue weighted by Gasteiger charge is -2.22. The minimum atomic E-state index is -0.393. The first-order chi connectivity index (χ1) is 13.1. The summed E-state index contributed by atoms with van der Waals surface area (Å²) in [6.07, 6.45) is 1.15. The number of halogens is 1. The van der Waals surface area contributed by atoms with E-state index in [2.05, 4.69) is 0 Å². The summed E-state index contributed by atoms with van der Waals surface area (Å²) in [4.78, 5) is 28.2. The zero-order valence-electron chi connectivity index (χ0n) is 15.1. The van der Waals surface area contributed by atoms with Crippen molar-refractivity contribution < 1.29 is 18.7 Å². The SMILES string of the molecule is O=C(CCc1cccc(F)c1)N1CCCN(C(=O)Oc2ccccc2)CC1. The number of aryl methyl sites for hydroxylation is 1. The second kappa shape index (κ2) is 9.16. The second-order valence-electron chi connectivity index (χ2n) is 6.53. The summed E-state index contributed by atoms with van der Waals surface area (Å²) >= 11 is 0. The molecule has 0 spiro atoms. The van der Waals surface area contributed by atoms with E-state index in [-0.39, 0.29) is 11.7 Å². The van der Waals surface area contributed by atoms with Gasteiger partial charge in [-0.15, -0.1) is 0 Å². The summed E-state index contributed by atoms with van der Waals surface area (Å²) in [6, 6.07) is 15.3. The van der Waals surface area contributed by atoms with Crippen LogP contribution in [0, 0.1) is 5.82 Å². The van der Waals surface area contributed by atoms with E-state index in [1.165, 1.54) is 12.1 Å². The minimum absolute atomic E-state index is 0.0255. The Bertz CT molecular complexity index is 782. The monoisotopic (exact) mass is 370 g/mol. The van der Waals surface area contributed by atoms with Gasteiger partial charge in [0.15, 0.2) is 0 Å². The Morgan fingerprint density at radius 3 is 2.44 bits per heavy atom. The highest BCUT2D eigenvalue weighted by Gasteiger charge is 2.23. The predicted molar refractivity (Wildman–Crippen MR) is 100.0 cm³/mol. The first-order valence-corrected chi connectivity index (χ1v) is 9.16. The zero-order valence-corrected chi connectivity index (χ0v) is 15.1. The highest BCUT2D eigenvalue weighted by molar-refractivity contribution is 5.77. The first kappa shape index (κ1) is 18.9. The van der Waals surface area contributed by atoms with Gasteiger partial charge in [-0.3, -0.25) is 4.79 Å². The van der Waals surface area contributed by atoms with Crippen LogP contribution in [-0.2, 0) is 11.2 Å². The Morgan fingerprint density at radius 1 is 0.926 bits per heavy atom. The lowest BCUT2D eigenvalue weighted by Crippen LogP contribution is -2.38. The molecule has 0 radical (unpaired) electrons. The molecule has 0 aromatic heterocycles. The summed E-state index contributed by atoms with van der Waals surface area (Å²) in [6.45, 7) is 2.08. The number of nitrogens with zero attached hydrogens (tertiary/aromatic N) is 2. The van der Waals surface area contributed by atoms with Gasteiger partial charge >= 0.3 is 6.09 Å². The number of para-hydroxylation sites is 1. The van der Waals surface area contributed by atoms with Crippen LogP contribution in [0.4, 0.5) is 9.18 Å². The van der Waals surface area contributed by atoms with E-state index in [4.69, 9.17) is 4.74 Å². The number of amides is 2. The van der Waals surface area contributed by atoms with Crippen molar-refractivity contribution in [2.45, 2.75) is 19.3 Å². The highest BCUT2D eigenvalue weighted by atomic mass is 19.1. The molecule has 27 heavy (non-hydrogen) atoms. The Kier molecular flexibility index (Phi) is 6.41. The molecule has 3 rings (SSSR count). The summed E-state index contributed by atoms with van der Waals surface area (Å²) in [7, 11) is 0. The number of ether oxygens (including phenoxy) is 1. The number of rotatable bonds is 4. The normalized spacial score (nSPS) is 14.6. The van der Waals surface area contributed by atoms with Crippen molar-refractivity contribution in [3.8, 4) is 5.75 Å². The van der Waals surface area contributed by atoms with Crippen LogP contribution >= 0.6 is 0 Å². The van der Waals surface area contributed by atoms with Crippen LogP contribution in [0.15, 0.2) is 54.6 Å². The molecular formula is C21H23FN2O3. The van der Waals surface area contributed by atoms with Crippen LogP contribution in [0.3, 0.4) is 0 Å². The number of hydrogen-bond donors (Lipinski definition) is 0. The molecule has 1 heterocycles. The maximum absolute atomic E-state index is 13.2. The lowest BCUT2D eigenvalue weighted by atomic mass is 10.1. The predicted octanol–water partition coefficient (Wildman–Crippen LogP) is 3.49. The average Bonchev–Trinajstić information content (AvgIpc) is 2.93. The largest absolute Gasteiger partial charge is 0.415 e. The Morgan fingerprint density at radius 2 is 1.67 bits per heavy atom. The molecule has 0 aliphatic carbocycles. The topological polar surface area (TPSA) is 49.9 Å². The maximum atomic E-state index is 13.2. The smallest absolute Gasteiger partial charge is 0.410 e. The van der Waals surface area contributed by atoms with Gasteiger partial charge in [-0.05, 0) is 42.7 Å². The van der Waals surface area contributed by atoms with E-state index in [0.29, 0.717) is 51.2 Å². The highest BCUT2D eigenvalue weighted by Crippen LogP contribution is 2.13. The summed E-state index contributed by atoms with van der Waals surface area (Å²) in [5, 5.41) is 0. The quantitative estimate of drug-likeness (QED) is 0.828. The molecule has 1 fully saturated rings. The van der Waals surface area contributed by atoms with Crippen molar-refractivity contribution in [1.82, 2.24) is 9.80 Å². The van der Waals surface area contributed by atoms with E-state index in [0.717, 1.165) is 5.56 Å². The molecular weight excluding hydrogens is 347 g/mol. The third-order valence-corrected chi connectivity index (χ3v) is 4.57. The summed E-state index contributed by atoms with van der Waals surface area (Å²) in [5.41, 5.74) is 0.811. The fraction of sp³-hybridized carbons (Fsp3) is 0.333. The molecule has 0 unspecified atom stereocenters. The van der Waals surface area contributed by atoms with Gasteiger partial charge in [-0.2, -0.15) is 0 Å². The molecule has 1 aliphatic rings. The van der Waals surface area contributed by atoms with Gasteiger partial charge in [0.05, 0.1) is 0 Å². The van der Waals surface area contributed by atoms with Crippen molar-refractivity contribution >= 4 is 12.0 Å². The lowest BCUT2D eigenvalue weighted by molar-refractivity contribution is -0.131. The first-order valence-electron chi connectivity index (χ1n) is 9.16. The fourth-order valence-corrected chi connectivity index (χ4v) is 3.11. The van der Waals surface area contributed by atoms with Crippen LogP contribution in [0.1, 0.15) is 18.4 Å². The van der Waals surface area contributed by atoms with Crippen LogP contribution in [-0.4, -0.2) is 48.0 Å². The van der Waals surface area contributed by atoms with Crippen molar-refractivity contribution in [2.24, 2.45) is 0 Å². The molecule has 2 amide bonds. The van der Waals surface area contributed by atoms with Gasteiger partial charge in [0.2, 0.25) is 5.91 Å². The molecule has 6 heteroatoms. The molecule has 0 N–H and O–H groups in total. The maximum Gasteiger partial charge on any atom is 0.415 e. The third-order valence-electron chi connectivity index (χ3n) is 4.57. The second-order valence-corrected chi connectivity index (χ2v) is 6.53. The van der Waals surface area contributed by atoms with Gasteiger partial charge in [-0.1, -0.05) is 30.3 Å². The van der Waals surface area contributed by atoms with Gasteiger partial charge in [0, 0.05) is 32.6 Å². The number of carbonyl (C=O) groups is 2. The molecule has 2 aromatic rings. The third kappa shape index (κ3) is 5.54.